The van der Waals surface area contributed by atoms with Crippen LogP contribution in [0, 0.1) is 0 Å². The summed E-state index contributed by atoms with van der Waals surface area (Å²) in [6.07, 6.45) is 5.11. The van der Waals surface area contributed by atoms with Gasteiger partial charge in [0.2, 0.25) is 0 Å². The summed E-state index contributed by atoms with van der Waals surface area (Å²) in [7, 11) is 3.84. The first-order chi connectivity index (χ1) is 14.6. The minimum atomic E-state index is -0.121. The second kappa shape index (κ2) is 8.56. The van der Waals surface area contributed by atoms with Crippen molar-refractivity contribution >= 4 is 11.6 Å². The van der Waals surface area contributed by atoms with Gasteiger partial charge in [0, 0.05) is 43.4 Å². The molecule has 1 amide bonds. The summed E-state index contributed by atoms with van der Waals surface area (Å²) < 4.78 is 3.86. The van der Waals surface area contributed by atoms with Crippen molar-refractivity contribution in [1.82, 2.24) is 34.6 Å². The third-order valence-corrected chi connectivity index (χ3v) is 4.83. The summed E-state index contributed by atoms with van der Waals surface area (Å²) in [5, 5.41) is 14.7. The first kappa shape index (κ1) is 19.3. The zero-order valence-electron chi connectivity index (χ0n) is 16.8. The van der Waals surface area contributed by atoms with Crippen molar-refractivity contribution in [2.24, 2.45) is 14.1 Å². The van der Waals surface area contributed by atoms with E-state index in [0.29, 0.717) is 30.2 Å². The summed E-state index contributed by atoms with van der Waals surface area (Å²) in [6.45, 7) is 0.938. The van der Waals surface area contributed by atoms with E-state index in [2.05, 4.69) is 30.8 Å². The maximum Gasteiger partial charge on any atom is 0.251 e. The molecule has 0 aliphatic carbocycles. The number of hydrogen-bond donors (Lipinski definition) is 2. The van der Waals surface area contributed by atoms with Crippen LogP contribution in [0.4, 0.5) is 5.69 Å². The Morgan fingerprint density at radius 2 is 1.97 bits per heavy atom. The third kappa shape index (κ3) is 4.19. The number of carbonyl (C=O) groups is 1. The van der Waals surface area contributed by atoms with Crippen LogP contribution in [0.25, 0.3) is 11.5 Å². The molecule has 30 heavy (non-hydrogen) atoms. The van der Waals surface area contributed by atoms with Crippen molar-refractivity contribution in [2.45, 2.75) is 13.1 Å². The van der Waals surface area contributed by atoms with E-state index >= 15 is 0 Å². The molecule has 0 fully saturated rings. The highest BCUT2D eigenvalue weighted by Gasteiger charge is 2.12. The van der Waals surface area contributed by atoms with E-state index in [9.17, 15) is 4.79 Å². The lowest BCUT2D eigenvalue weighted by atomic mass is 10.2. The van der Waals surface area contributed by atoms with E-state index in [1.54, 1.807) is 18.3 Å². The minimum Gasteiger partial charge on any atom is -0.378 e. The van der Waals surface area contributed by atoms with Crippen LogP contribution in [0.5, 0.6) is 0 Å². The lowest BCUT2D eigenvalue weighted by molar-refractivity contribution is 0.0950. The molecule has 4 aromatic rings. The zero-order valence-corrected chi connectivity index (χ0v) is 16.8. The van der Waals surface area contributed by atoms with Crippen LogP contribution in [-0.2, 0) is 27.2 Å². The van der Waals surface area contributed by atoms with Crippen LogP contribution in [-0.4, -0.2) is 35.2 Å². The molecule has 4 rings (SSSR count). The fourth-order valence-corrected chi connectivity index (χ4v) is 3.07. The van der Waals surface area contributed by atoms with Gasteiger partial charge in [-0.15, -0.1) is 10.2 Å². The highest BCUT2D eigenvalue weighted by Crippen LogP contribution is 2.16. The summed E-state index contributed by atoms with van der Waals surface area (Å²) in [5.74, 6) is 1.30. The predicted molar refractivity (Wildman–Crippen MR) is 112 cm³/mol. The molecule has 152 valence electrons. The van der Waals surface area contributed by atoms with Gasteiger partial charge in [0.15, 0.2) is 11.6 Å². The predicted octanol–water partition coefficient (Wildman–Crippen LogP) is 2.15. The van der Waals surface area contributed by atoms with Crippen LogP contribution >= 0.6 is 0 Å². The van der Waals surface area contributed by atoms with Crippen LogP contribution in [0.15, 0.2) is 61.2 Å². The normalized spacial score (nSPS) is 10.7. The van der Waals surface area contributed by atoms with Gasteiger partial charge in [-0.3, -0.25) is 4.79 Å². The molecule has 9 nitrogen and oxygen atoms in total. The molecule has 0 aliphatic heterocycles. The first-order valence-corrected chi connectivity index (χ1v) is 9.49. The van der Waals surface area contributed by atoms with Gasteiger partial charge in [-0.05, 0) is 36.4 Å². The Hall–Kier alpha value is -4.01. The smallest absolute Gasteiger partial charge is 0.251 e. The Balaban J connectivity index is 1.40. The second-order valence-electron chi connectivity index (χ2n) is 6.82. The number of carbonyl (C=O) groups excluding carboxylic acids is 1. The summed E-state index contributed by atoms with van der Waals surface area (Å²) in [6, 6.07) is 13.1. The van der Waals surface area contributed by atoms with E-state index in [0.717, 1.165) is 17.2 Å². The Bertz CT molecular complexity index is 1150. The lowest BCUT2D eigenvalue weighted by Gasteiger charge is -2.10. The van der Waals surface area contributed by atoms with E-state index in [1.807, 2.05) is 59.8 Å². The van der Waals surface area contributed by atoms with Gasteiger partial charge in [-0.1, -0.05) is 6.07 Å². The molecule has 0 radical (unpaired) electrons. The van der Waals surface area contributed by atoms with Gasteiger partial charge in [0.1, 0.15) is 12.0 Å². The summed E-state index contributed by atoms with van der Waals surface area (Å²) >= 11 is 0. The van der Waals surface area contributed by atoms with Gasteiger partial charge in [-0.25, -0.2) is 9.97 Å². The van der Waals surface area contributed by atoms with Gasteiger partial charge in [-0.2, -0.15) is 0 Å². The van der Waals surface area contributed by atoms with Crippen molar-refractivity contribution in [3.63, 3.8) is 0 Å². The van der Waals surface area contributed by atoms with Gasteiger partial charge in [0.25, 0.3) is 5.91 Å². The standard InChI is InChI=1S/C21H22N8O/c1-28-10-4-7-17(28)12-24-21(30)15-5-3-6-16(11-15)23-13-19-26-27-20(29(19)2)18-8-9-22-14-25-18/h3-11,14,23H,12-13H2,1-2H3,(H,24,30). The van der Waals surface area contributed by atoms with Crippen molar-refractivity contribution in [3.8, 4) is 11.5 Å². The largest absolute Gasteiger partial charge is 0.378 e. The average Bonchev–Trinajstić information content (AvgIpc) is 3.36. The van der Waals surface area contributed by atoms with E-state index in [-0.39, 0.29) is 5.91 Å². The number of benzene rings is 1. The summed E-state index contributed by atoms with van der Waals surface area (Å²) in [4.78, 5) is 20.6. The van der Waals surface area contributed by atoms with Gasteiger partial charge in [0.05, 0.1) is 13.1 Å². The Labute approximate surface area is 173 Å². The fraction of sp³-hybridized carbons (Fsp3) is 0.190. The topological polar surface area (TPSA) is 103 Å². The SMILES string of the molecule is Cn1cccc1CNC(=O)c1cccc(NCc2nnc(-c3ccncn3)n2C)c1. The molecule has 1 aromatic carbocycles. The van der Waals surface area contributed by atoms with Crippen LogP contribution < -0.4 is 10.6 Å². The molecule has 0 spiro atoms. The maximum atomic E-state index is 12.5. The molecule has 0 unspecified atom stereocenters. The van der Waals surface area contributed by atoms with Crippen LogP contribution in [0.3, 0.4) is 0 Å². The van der Waals surface area contributed by atoms with Gasteiger partial charge < -0.3 is 19.8 Å². The molecular weight excluding hydrogens is 380 g/mol. The minimum absolute atomic E-state index is 0.121. The monoisotopic (exact) mass is 402 g/mol. The molecular formula is C21H22N8O. The van der Waals surface area contributed by atoms with Crippen molar-refractivity contribution in [3.05, 3.63) is 78.3 Å². The Kier molecular flexibility index (Phi) is 5.51. The molecule has 0 saturated carbocycles. The molecule has 0 saturated heterocycles. The highest BCUT2D eigenvalue weighted by molar-refractivity contribution is 5.95. The molecule has 0 bridgehead atoms. The van der Waals surface area contributed by atoms with Crippen LogP contribution in [0.2, 0.25) is 0 Å². The molecule has 0 aliphatic rings. The molecule has 9 heteroatoms. The maximum absolute atomic E-state index is 12.5. The third-order valence-electron chi connectivity index (χ3n) is 4.83. The first-order valence-electron chi connectivity index (χ1n) is 9.49. The number of aromatic nitrogens is 6. The number of aryl methyl sites for hydroxylation is 1. The molecule has 3 aromatic heterocycles. The molecule has 2 N–H and O–H groups in total. The second-order valence-corrected chi connectivity index (χ2v) is 6.82. The zero-order chi connectivity index (χ0) is 20.9. The van der Waals surface area contributed by atoms with E-state index in [1.165, 1.54) is 6.33 Å². The summed E-state index contributed by atoms with van der Waals surface area (Å²) in [5.41, 5.74) is 3.17. The number of hydrogen-bond acceptors (Lipinski definition) is 6. The molecule has 0 atom stereocenters. The average molecular weight is 402 g/mol. The highest BCUT2D eigenvalue weighted by atomic mass is 16.1. The number of amides is 1. The van der Waals surface area contributed by atoms with E-state index < -0.39 is 0 Å². The number of rotatable bonds is 7. The van der Waals surface area contributed by atoms with Crippen molar-refractivity contribution in [1.29, 1.82) is 0 Å². The van der Waals surface area contributed by atoms with Crippen molar-refractivity contribution < 1.29 is 4.79 Å². The van der Waals surface area contributed by atoms with Crippen molar-refractivity contribution in [2.75, 3.05) is 5.32 Å². The Morgan fingerprint density at radius 1 is 1.07 bits per heavy atom. The molecule has 3 heterocycles. The Morgan fingerprint density at radius 3 is 2.73 bits per heavy atom. The van der Waals surface area contributed by atoms with Gasteiger partial charge >= 0.3 is 0 Å². The quantitative estimate of drug-likeness (QED) is 0.491. The number of anilines is 1. The van der Waals surface area contributed by atoms with Crippen LogP contribution in [0.1, 0.15) is 21.9 Å². The fourth-order valence-electron chi connectivity index (χ4n) is 3.07. The number of nitrogens with zero attached hydrogens (tertiary/aromatic N) is 6. The lowest BCUT2D eigenvalue weighted by Crippen LogP contribution is -2.23. The van der Waals surface area contributed by atoms with E-state index in [4.69, 9.17) is 0 Å². The number of nitrogens with one attached hydrogen (secondary N) is 2.